The highest BCUT2D eigenvalue weighted by Crippen LogP contribution is 2.35. The summed E-state index contributed by atoms with van der Waals surface area (Å²) in [5.41, 5.74) is 2.38. The van der Waals surface area contributed by atoms with Crippen LogP contribution in [0.3, 0.4) is 0 Å². The van der Waals surface area contributed by atoms with Crippen LogP contribution in [0.1, 0.15) is 24.1 Å². The van der Waals surface area contributed by atoms with Crippen molar-refractivity contribution in [2.24, 2.45) is 0 Å². The summed E-state index contributed by atoms with van der Waals surface area (Å²) in [6, 6.07) is 11.5. The topological polar surface area (TPSA) is 85.9 Å². The van der Waals surface area contributed by atoms with E-state index in [0.29, 0.717) is 40.0 Å². The van der Waals surface area contributed by atoms with Crippen molar-refractivity contribution in [2.45, 2.75) is 19.6 Å². The molecule has 3 rings (SSSR count). The summed E-state index contributed by atoms with van der Waals surface area (Å²) in [6.07, 6.45) is 0. The Labute approximate surface area is 173 Å². The van der Waals surface area contributed by atoms with Crippen molar-refractivity contribution in [3.8, 4) is 11.5 Å². The number of amides is 2. The van der Waals surface area contributed by atoms with Gasteiger partial charge in [-0.1, -0.05) is 29.8 Å². The molecule has 0 fully saturated rings. The number of ether oxygens (including phenoxy) is 3. The molecule has 0 aliphatic carbocycles. The minimum atomic E-state index is -0.671. The van der Waals surface area contributed by atoms with Crippen LogP contribution < -0.4 is 20.1 Å². The molecule has 1 aliphatic rings. The fourth-order valence-electron chi connectivity index (χ4n) is 3.05. The van der Waals surface area contributed by atoms with Crippen molar-refractivity contribution in [1.82, 2.24) is 10.6 Å². The maximum Gasteiger partial charge on any atom is 0.337 e. The van der Waals surface area contributed by atoms with E-state index in [-0.39, 0.29) is 0 Å². The van der Waals surface area contributed by atoms with Crippen LogP contribution in [0.4, 0.5) is 4.79 Å². The van der Waals surface area contributed by atoms with Crippen molar-refractivity contribution in [1.29, 1.82) is 0 Å². The van der Waals surface area contributed by atoms with Crippen molar-refractivity contribution in [2.75, 3.05) is 14.2 Å². The van der Waals surface area contributed by atoms with Crippen LogP contribution in [0.5, 0.6) is 11.5 Å². The number of methoxy groups -OCH3 is 2. The predicted molar refractivity (Wildman–Crippen MR) is 108 cm³/mol. The van der Waals surface area contributed by atoms with Crippen LogP contribution in [0.2, 0.25) is 5.02 Å². The zero-order valence-corrected chi connectivity index (χ0v) is 17.0. The predicted octanol–water partition coefficient (Wildman–Crippen LogP) is 3.73. The molecule has 29 heavy (non-hydrogen) atoms. The highest BCUT2D eigenvalue weighted by atomic mass is 35.5. The largest absolute Gasteiger partial charge is 0.493 e. The second-order valence-electron chi connectivity index (χ2n) is 6.39. The molecule has 0 unspecified atom stereocenters. The molecular weight excluding hydrogens is 396 g/mol. The number of hydrogen-bond donors (Lipinski definition) is 2. The number of esters is 1. The Kier molecular flexibility index (Phi) is 6.29. The van der Waals surface area contributed by atoms with Crippen LogP contribution in [-0.2, 0) is 16.1 Å². The van der Waals surface area contributed by atoms with Crippen LogP contribution in [0.25, 0.3) is 0 Å². The van der Waals surface area contributed by atoms with E-state index in [2.05, 4.69) is 10.6 Å². The van der Waals surface area contributed by atoms with Gasteiger partial charge in [0.25, 0.3) is 0 Å². The van der Waals surface area contributed by atoms with E-state index in [0.717, 1.165) is 5.56 Å². The van der Waals surface area contributed by atoms with Crippen LogP contribution >= 0.6 is 11.6 Å². The molecule has 1 aliphatic heterocycles. The van der Waals surface area contributed by atoms with Gasteiger partial charge in [-0.3, -0.25) is 0 Å². The van der Waals surface area contributed by atoms with E-state index >= 15 is 0 Å². The summed E-state index contributed by atoms with van der Waals surface area (Å²) in [4.78, 5) is 24.2. The van der Waals surface area contributed by atoms with Gasteiger partial charge in [0, 0.05) is 10.7 Å². The summed E-state index contributed by atoms with van der Waals surface area (Å²) in [7, 11) is 2.82. The highest BCUT2D eigenvalue weighted by Gasteiger charge is 2.32. The molecule has 152 valence electrons. The molecule has 7 nitrogen and oxygen atoms in total. The number of urea groups is 1. The van der Waals surface area contributed by atoms with Gasteiger partial charge in [0.1, 0.15) is 6.61 Å². The molecule has 2 aromatic rings. The lowest BCUT2D eigenvalue weighted by atomic mass is 9.95. The van der Waals surface area contributed by atoms with Crippen LogP contribution in [0, 0.1) is 0 Å². The first kappa shape index (κ1) is 20.5. The number of carbonyl (C=O) groups excluding carboxylic acids is 2. The zero-order valence-electron chi connectivity index (χ0n) is 16.2. The standard InChI is InChI=1S/C21H21ClN2O5/c1-12-18(20(25)28-3)19(24-21(26)23-12)14-6-9-16(17(10-14)27-2)29-11-13-4-7-15(22)8-5-13/h4-10,19H,11H2,1-3H3,(H2,23,24,26)/t19-/m0/s1. The number of allylic oxidation sites excluding steroid dienone is 1. The molecule has 1 heterocycles. The first-order chi connectivity index (χ1) is 13.9. The third-order valence-electron chi connectivity index (χ3n) is 4.50. The van der Waals surface area contributed by atoms with E-state index < -0.39 is 18.0 Å². The van der Waals surface area contributed by atoms with Gasteiger partial charge < -0.3 is 24.8 Å². The maximum absolute atomic E-state index is 12.2. The normalized spacial score (nSPS) is 16.0. The summed E-state index contributed by atoms with van der Waals surface area (Å²) in [5.74, 6) is 0.486. The Morgan fingerprint density at radius 2 is 1.83 bits per heavy atom. The Balaban J connectivity index is 1.87. The fraction of sp³-hybridized carbons (Fsp3) is 0.238. The van der Waals surface area contributed by atoms with Gasteiger partial charge in [0.15, 0.2) is 11.5 Å². The first-order valence-corrected chi connectivity index (χ1v) is 9.22. The molecule has 0 radical (unpaired) electrons. The van der Waals surface area contributed by atoms with Gasteiger partial charge in [-0.15, -0.1) is 0 Å². The van der Waals surface area contributed by atoms with Gasteiger partial charge in [-0.05, 0) is 42.3 Å². The van der Waals surface area contributed by atoms with E-state index in [9.17, 15) is 9.59 Å². The SMILES string of the molecule is COC(=O)C1=C(C)NC(=O)N[C@H]1c1ccc(OCc2ccc(Cl)cc2)c(OC)c1. The first-order valence-electron chi connectivity index (χ1n) is 8.84. The van der Waals surface area contributed by atoms with Gasteiger partial charge >= 0.3 is 12.0 Å². The average Bonchev–Trinajstić information content (AvgIpc) is 2.72. The summed E-state index contributed by atoms with van der Waals surface area (Å²) >= 11 is 5.90. The van der Waals surface area contributed by atoms with E-state index in [1.54, 1.807) is 37.3 Å². The molecular formula is C21H21ClN2O5. The summed E-state index contributed by atoms with van der Waals surface area (Å²) in [6.45, 7) is 1.99. The lowest BCUT2D eigenvalue weighted by Gasteiger charge is -2.28. The number of hydrogen-bond acceptors (Lipinski definition) is 5. The Hall–Kier alpha value is -3.19. The fourth-order valence-corrected chi connectivity index (χ4v) is 3.18. The van der Waals surface area contributed by atoms with Gasteiger partial charge in [-0.2, -0.15) is 0 Å². The molecule has 2 amide bonds. The summed E-state index contributed by atoms with van der Waals surface area (Å²) < 4.78 is 16.2. The molecule has 1 atom stereocenters. The van der Waals surface area contributed by atoms with Crippen molar-refractivity contribution in [3.63, 3.8) is 0 Å². The van der Waals surface area contributed by atoms with Crippen molar-refractivity contribution < 1.29 is 23.8 Å². The Morgan fingerprint density at radius 3 is 2.48 bits per heavy atom. The van der Waals surface area contributed by atoms with Gasteiger partial charge in [0.2, 0.25) is 0 Å². The number of halogens is 1. The second kappa shape index (κ2) is 8.87. The minimum Gasteiger partial charge on any atom is -0.493 e. The molecule has 0 aromatic heterocycles. The van der Waals surface area contributed by atoms with Crippen molar-refractivity contribution >= 4 is 23.6 Å². The van der Waals surface area contributed by atoms with Crippen LogP contribution in [-0.4, -0.2) is 26.2 Å². The molecule has 0 saturated carbocycles. The van der Waals surface area contributed by atoms with Crippen molar-refractivity contribution in [3.05, 3.63) is 69.9 Å². The smallest absolute Gasteiger partial charge is 0.337 e. The second-order valence-corrected chi connectivity index (χ2v) is 6.82. The van der Waals surface area contributed by atoms with Crippen LogP contribution in [0.15, 0.2) is 53.7 Å². The van der Waals surface area contributed by atoms with E-state index in [1.165, 1.54) is 14.2 Å². The average molecular weight is 417 g/mol. The molecule has 2 N–H and O–H groups in total. The molecule has 0 bridgehead atoms. The quantitative estimate of drug-likeness (QED) is 0.701. The monoisotopic (exact) mass is 416 g/mol. The number of benzene rings is 2. The molecule has 0 spiro atoms. The molecule has 0 saturated heterocycles. The Morgan fingerprint density at radius 1 is 1.10 bits per heavy atom. The molecule has 8 heteroatoms. The number of rotatable bonds is 6. The number of carbonyl (C=O) groups is 2. The van der Waals surface area contributed by atoms with E-state index in [1.807, 2.05) is 12.1 Å². The third-order valence-corrected chi connectivity index (χ3v) is 4.76. The van der Waals surface area contributed by atoms with E-state index in [4.69, 9.17) is 25.8 Å². The minimum absolute atomic E-state index is 0.323. The molecule has 2 aromatic carbocycles. The third kappa shape index (κ3) is 4.63. The summed E-state index contributed by atoms with van der Waals surface area (Å²) in [5, 5.41) is 5.99. The van der Waals surface area contributed by atoms with Gasteiger partial charge in [0.05, 0.1) is 25.8 Å². The number of nitrogens with one attached hydrogen (secondary N) is 2. The zero-order chi connectivity index (χ0) is 21.0. The maximum atomic E-state index is 12.2. The lowest BCUT2D eigenvalue weighted by Crippen LogP contribution is -2.45. The highest BCUT2D eigenvalue weighted by molar-refractivity contribution is 6.30. The van der Waals surface area contributed by atoms with Gasteiger partial charge in [-0.25, -0.2) is 9.59 Å². The lowest BCUT2D eigenvalue weighted by molar-refractivity contribution is -0.136. The Bertz CT molecular complexity index is 956.